The minimum Gasteiger partial charge on any atom is -0.356 e. The maximum atomic E-state index is 10.9. The van der Waals surface area contributed by atoms with E-state index in [0.29, 0.717) is 17.2 Å². The third kappa shape index (κ3) is 5.03. The highest BCUT2D eigenvalue weighted by atomic mass is 35.5. The molecule has 82 valence electrons. The Morgan fingerprint density at radius 2 is 2.13 bits per heavy atom. The van der Waals surface area contributed by atoms with Gasteiger partial charge in [-0.2, -0.15) is 0 Å². The number of hydrogen-bond acceptors (Lipinski definition) is 5. The van der Waals surface area contributed by atoms with Crippen molar-refractivity contribution in [3.63, 3.8) is 0 Å². The molecule has 0 heterocycles. The molecule has 3 N–H and O–H groups in total. The number of benzene rings is 1. The van der Waals surface area contributed by atoms with Gasteiger partial charge in [0.25, 0.3) is 0 Å². The highest BCUT2D eigenvalue weighted by Crippen LogP contribution is 2.20. The Bertz CT molecular complexity index is 318. The second kappa shape index (κ2) is 6.68. The smallest absolute Gasteiger partial charge is 0.327 e. The van der Waals surface area contributed by atoms with Crippen molar-refractivity contribution < 1.29 is 9.63 Å². The van der Waals surface area contributed by atoms with Crippen LogP contribution in [-0.4, -0.2) is 11.7 Å². The van der Waals surface area contributed by atoms with Crippen LogP contribution in [0.3, 0.4) is 0 Å². The standard InChI is InChI=1S/C9H11ClN2O2S/c10-7-1-3-8(4-2-7)15-6-5-9(13)14-12-11/h1-4,12H,5-6,11H2. The molecule has 0 aliphatic heterocycles. The highest BCUT2D eigenvalue weighted by molar-refractivity contribution is 7.99. The fraction of sp³-hybridized carbons (Fsp3) is 0.222. The minimum absolute atomic E-state index is 0.303. The van der Waals surface area contributed by atoms with Crippen LogP contribution in [0.15, 0.2) is 29.2 Å². The molecule has 0 radical (unpaired) electrons. The lowest BCUT2D eigenvalue weighted by Crippen LogP contribution is -2.26. The fourth-order valence-electron chi connectivity index (χ4n) is 0.900. The summed E-state index contributed by atoms with van der Waals surface area (Å²) in [5.41, 5.74) is 1.85. The van der Waals surface area contributed by atoms with Gasteiger partial charge in [0.1, 0.15) is 0 Å². The van der Waals surface area contributed by atoms with Crippen LogP contribution in [0.5, 0.6) is 0 Å². The summed E-state index contributed by atoms with van der Waals surface area (Å²) < 4.78 is 0. The van der Waals surface area contributed by atoms with Gasteiger partial charge in [0.2, 0.25) is 0 Å². The molecule has 6 heteroatoms. The number of halogens is 1. The van der Waals surface area contributed by atoms with E-state index in [0.717, 1.165) is 4.90 Å². The highest BCUT2D eigenvalue weighted by Gasteiger charge is 2.02. The summed E-state index contributed by atoms with van der Waals surface area (Å²) in [5.74, 6) is 5.08. The first kappa shape index (κ1) is 12.3. The Morgan fingerprint density at radius 1 is 1.47 bits per heavy atom. The average molecular weight is 247 g/mol. The molecular formula is C9H11ClN2O2S. The Morgan fingerprint density at radius 3 is 2.73 bits per heavy atom. The monoisotopic (exact) mass is 246 g/mol. The summed E-state index contributed by atoms with van der Waals surface area (Å²) in [6.07, 6.45) is 0.303. The molecule has 0 bridgehead atoms. The molecule has 0 unspecified atom stereocenters. The molecule has 0 aromatic heterocycles. The molecule has 0 aliphatic rings. The van der Waals surface area contributed by atoms with E-state index in [9.17, 15) is 4.79 Å². The van der Waals surface area contributed by atoms with Crippen LogP contribution in [0.2, 0.25) is 5.02 Å². The number of carbonyl (C=O) groups excluding carboxylic acids is 1. The van der Waals surface area contributed by atoms with E-state index in [-0.39, 0.29) is 5.97 Å². The normalized spacial score (nSPS) is 10.0. The molecule has 0 saturated heterocycles. The number of rotatable bonds is 5. The summed E-state index contributed by atoms with van der Waals surface area (Å²) in [6, 6.07) is 7.42. The topological polar surface area (TPSA) is 64.3 Å². The first-order valence-electron chi connectivity index (χ1n) is 4.26. The molecule has 0 fully saturated rings. The van der Waals surface area contributed by atoms with E-state index >= 15 is 0 Å². The van der Waals surface area contributed by atoms with Crippen LogP contribution in [0.4, 0.5) is 0 Å². The molecule has 1 rings (SSSR count). The van der Waals surface area contributed by atoms with Gasteiger partial charge in [0.05, 0.1) is 6.42 Å². The van der Waals surface area contributed by atoms with Crippen LogP contribution in [0, 0.1) is 0 Å². The molecule has 1 aromatic rings. The number of nitrogens with two attached hydrogens (primary N) is 1. The third-order valence-corrected chi connectivity index (χ3v) is 2.83. The van der Waals surface area contributed by atoms with E-state index in [4.69, 9.17) is 17.4 Å². The number of nitrogens with one attached hydrogen (secondary N) is 1. The lowest BCUT2D eigenvalue weighted by Gasteiger charge is -2.01. The first-order chi connectivity index (χ1) is 7.22. The summed E-state index contributed by atoms with van der Waals surface area (Å²) >= 11 is 7.29. The van der Waals surface area contributed by atoms with Gasteiger partial charge < -0.3 is 4.84 Å². The van der Waals surface area contributed by atoms with Crippen molar-refractivity contribution in [3.8, 4) is 0 Å². The zero-order valence-corrected chi connectivity index (χ0v) is 9.48. The van der Waals surface area contributed by atoms with E-state index in [1.165, 1.54) is 0 Å². The molecule has 0 saturated carbocycles. The predicted molar refractivity (Wildman–Crippen MR) is 60.2 cm³/mol. The molecule has 0 atom stereocenters. The zero-order valence-electron chi connectivity index (χ0n) is 7.90. The van der Waals surface area contributed by atoms with Gasteiger partial charge in [-0.3, -0.25) is 4.79 Å². The van der Waals surface area contributed by atoms with Gasteiger partial charge in [0.15, 0.2) is 0 Å². The molecule has 15 heavy (non-hydrogen) atoms. The Balaban J connectivity index is 2.26. The minimum atomic E-state index is -0.376. The predicted octanol–water partition coefficient (Wildman–Crippen LogP) is 1.74. The zero-order chi connectivity index (χ0) is 11.1. The van der Waals surface area contributed by atoms with Crippen molar-refractivity contribution in [2.75, 3.05) is 5.75 Å². The van der Waals surface area contributed by atoms with Crippen molar-refractivity contribution >= 4 is 29.3 Å². The summed E-state index contributed by atoms with van der Waals surface area (Å²) in [5, 5.41) is 0.700. The van der Waals surface area contributed by atoms with E-state index in [2.05, 4.69) is 4.84 Å². The van der Waals surface area contributed by atoms with E-state index in [1.807, 2.05) is 29.9 Å². The van der Waals surface area contributed by atoms with Crippen molar-refractivity contribution in [1.29, 1.82) is 0 Å². The number of carbonyl (C=O) groups is 1. The Kier molecular flexibility index (Phi) is 5.49. The SMILES string of the molecule is NNOC(=O)CCSc1ccc(Cl)cc1. The first-order valence-corrected chi connectivity index (χ1v) is 5.62. The van der Waals surface area contributed by atoms with Crippen LogP contribution in [0.1, 0.15) is 6.42 Å². The lowest BCUT2D eigenvalue weighted by atomic mass is 10.4. The van der Waals surface area contributed by atoms with Gasteiger partial charge in [-0.05, 0) is 24.3 Å². The molecule has 4 nitrogen and oxygen atoms in total. The fourth-order valence-corrected chi connectivity index (χ4v) is 1.86. The molecule has 1 aromatic carbocycles. The molecule has 0 spiro atoms. The quantitative estimate of drug-likeness (QED) is 0.471. The lowest BCUT2D eigenvalue weighted by molar-refractivity contribution is -0.150. The Labute approximate surface area is 97.0 Å². The van der Waals surface area contributed by atoms with Crippen molar-refractivity contribution in [2.45, 2.75) is 11.3 Å². The van der Waals surface area contributed by atoms with Crippen LogP contribution >= 0.6 is 23.4 Å². The third-order valence-electron chi connectivity index (χ3n) is 1.56. The number of thioether (sulfide) groups is 1. The second-order valence-corrected chi connectivity index (χ2v) is 4.25. The van der Waals surface area contributed by atoms with Gasteiger partial charge in [-0.15, -0.1) is 11.8 Å². The van der Waals surface area contributed by atoms with Gasteiger partial charge in [-0.25, -0.2) is 5.84 Å². The molecular weight excluding hydrogens is 236 g/mol. The summed E-state index contributed by atoms with van der Waals surface area (Å²) in [6.45, 7) is 0. The summed E-state index contributed by atoms with van der Waals surface area (Å²) in [4.78, 5) is 16.3. The second-order valence-electron chi connectivity index (χ2n) is 2.64. The number of hydrogen-bond donors (Lipinski definition) is 2. The van der Waals surface area contributed by atoms with Crippen molar-refractivity contribution in [1.82, 2.24) is 5.59 Å². The molecule has 0 amide bonds. The van der Waals surface area contributed by atoms with Gasteiger partial charge >= 0.3 is 5.97 Å². The number of hydrazine groups is 1. The maximum Gasteiger partial charge on any atom is 0.327 e. The van der Waals surface area contributed by atoms with Gasteiger partial charge in [0, 0.05) is 15.7 Å². The van der Waals surface area contributed by atoms with Crippen LogP contribution in [0.25, 0.3) is 0 Å². The maximum absolute atomic E-state index is 10.9. The average Bonchev–Trinajstić information content (AvgIpc) is 2.21. The van der Waals surface area contributed by atoms with E-state index in [1.54, 1.807) is 11.8 Å². The van der Waals surface area contributed by atoms with Crippen molar-refractivity contribution in [2.24, 2.45) is 5.84 Å². The Hall–Kier alpha value is -0.750. The molecule has 0 aliphatic carbocycles. The van der Waals surface area contributed by atoms with Crippen molar-refractivity contribution in [3.05, 3.63) is 29.3 Å². The van der Waals surface area contributed by atoms with Crippen LogP contribution in [-0.2, 0) is 9.63 Å². The van der Waals surface area contributed by atoms with Gasteiger partial charge in [-0.1, -0.05) is 17.2 Å². The largest absolute Gasteiger partial charge is 0.356 e. The van der Waals surface area contributed by atoms with Crippen LogP contribution < -0.4 is 11.4 Å². The summed E-state index contributed by atoms with van der Waals surface area (Å²) in [7, 11) is 0. The van der Waals surface area contributed by atoms with E-state index < -0.39 is 0 Å².